The summed E-state index contributed by atoms with van der Waals surface area (Å²) in [4.78, 5) is 38.4. The standard InChI is InChI=1S/C23H27N5O3/c1-16-10-12-18(13-11-16)24-20(29)14-26(3)15-21(30)25-22-17(2)27(4)28(23(22)31)19-8-6-5-7-9-19/h5-13H,14-15H2,1-4H3,(H,24,29)(H,25,30)/p+1. The number of quaternary nitrogens is 1. The van der Waals surface area contributed by atoms with Gasteiger partial charge in [-0.05, 0) is 38.1 Å². The molecule has 0 aliphatic carbocycles. The molecule has 2 amide bonds. The third-order valence-electron chi connectivity index (χ3n) is 5.08. The van der Waals surface area contributed by atoms with Crippen LogP contribution in [0.5, 0.6) is 0 Å². The molecule has 0 bridgehead atoms. The van der Waals surface area contributed by atoms with Crippen molar-refractivity contribution in [2.75, 3.05) is 30.8 Å². The Morgan fingerprint density at radius 1 is 0.903 bits per heavy atom. The molecule has 1 unspecified atom stereocenters. The van der Waals surface area contributed by atoms with E-state index < -0.39 is 0 Å². The van der Waals surface area contributed by atoms with E-state index in [1.54, 1.807) is 25.7 Å². The molecule has 0 radical (unpaired) electrons. The van der Waals surface area contributed by atoms with Crippen LogP contribution in [0.3, 0.4) is 0 Å². The summed E-state index contributed by atoms with van der Waals surface area (Å²) in [6, 6.07) is 16.8. The fraction of sp³-hybridized carbons (Fsp3) is 0.261. The minimum Gasteiger partial charge on any atom is -0.322 e. The summed E-state index contributed by atoms with van der Waals surface area (Å²) >= 11 is 0. The zero-order valence-corrected chi connectivity index (χ0v) is 18.2. The first-order chi connectivity index (χ1) is 14.8. The molecule has 0 aliphatic rings. The maximum Gasteiger partial charge on any atom is 0.295 e. The Hall–Kier alpha value is -3.65. The van der Waals surface area contributed by atoms with Gasteiger partial charge in [-0.1, -0.05) is 35.9 Å². The van der Waals surface area contributed by atoms with Gasteiger partial charge in [0, 0.05) is 12.7 Å². The van der Waals surface area contributed by atoms with Gasteiger partial charge in [-0.25, -0.2) is 4.68 Å². The summed E-state index contributed by atoms with van der Waals surface area (Å²) in [6.07, 6.45) is 0. The predicted molar refractivity (Wildman–Crippen MR) is 121 cm³/mol. The van der Waals surface area contributed by atoms with Gasteiger partial charge in [-0.15, -0.1) is 0 Å². The number of para-hydroxylation sites is 1. The monoisotopic (exact) mass is 422 g/mol. The topological polar surface area (TPSA) is 89.6 Å². The highest BCUT2D eigenvalue weighted by molar-refractivity contribution is 5.93. The molecule has 8 nitrogen and oxygen atoms in total. The quantitative estimate of drug-likeness (QED) is 0.528. The second-order valence-corrected chi connectivity index (χ2v) is 7.71. The molecule has 0 aliphatic heterocycles. The van der Waals surface area contributed by atoms with Crippen molar-refractivity contribution in [3.8, 4) is 5.69 Å². The number of carbonyl (C=O) groups excluding carboxylic acids is 2. The molecular formula is C23H28N5O3+. The Morgan fingerprint density at radius 3 is 2.10 bits per heavy atom. The van der Waals surface area contributed by atoms with E-state index in [2.05, 4.69) is 10.6 Å². The van der Waals surface area contributed by atoms with Crippen molar-refractivity contribution in [1.29, 1.82) is 0 Å². The number of likely N-dealkylation sites (N-methyl/N-ethyl adjacent to an activating group) is 1. The fourth-order valence-electron chi connectivity index (χ4n) is 3.35. The second kappa shape index (κ2) is 9.44. The molecule has 3 rings (SSSR count). The van der Waals surface area contributed by atoms with Crippen LogP contribution in [0.4, 0.5) is 11.4 Å². The number of aromatic nitrogens is 2. The van der Waals surface area contributed by atoms with Crippen molar-refractivity contribution in [2.24, 2.45) is 7.05 Å². The third-order valence-corrected chi connectivity index (χ3v) is 5.08. The zero-order chi connectivity index (χ0) is 22.5. The number of rotatable bonds is 7. The number of benzene rings is 2. The van der Waals surface area contributed by atoms with Gasteiger partial charge in [-0.2, -0.15) is 0 Å². The first-order valence-electron chi connectivity index (χ1n) is 10.1. The molecule has 3 aromatic rings. The first kappa shape index (κ1) is 22.0. The Bertz CT molecular complexity index is 1130. The number of nitrogens with one attached hydrogen (secondary N) is 3. The Labute approximate surface area is 181 Å². The Balaban J connectivity index is 1.62. The molecule has 1 aromatic heterocycles. The molecule has 0 saturated heterocycles. The fourth-order valence-corrected chi connectivity index (χ4v) is 3.35. The number of hydrogen-bond acceptors (Lipinski definition) is 3. The van der Waals surface area contributed by atoms with Gasteiger partial charge in [0.1, 0.15) is 5.69 Å². The normalized spacial score (nSPS) is 11.7. The van der Waals surface area contributed by atoms with Gasteiger partial charge in [0.25, 0.3) is 17.4 Å². The van der Waals surface area contributed by atoms with Crippen molar-refractivity contribution in [1.82, 2.24) is 9.36 Å². The Kier molecular flexibility index (Phi) is 6.71. The molecule has 0 fully saturated rings. The van der Waals surface area contributed by atoms with Crippen molar-refractivity contribution in [2.45, 2.75) is 13.8 Å². The van der Waals surface area contributed by atoms with E-state index in [4.69, 9.17) is 0 Å². The molecule has 0 saturated carbocycles. The zero-order valence-electron chi connectivity index (χ0n) is 18.2. The molecular weight excluding hydrogens is 394 g/mol. The summed E-state index contributed by atoms with van der Waals surface area (Å²) in [7, 11) is 3.53. The molecule has 162 valence electrons. The number of carbonyl (C=O) groups is 2. The molecule has 31 heavy (non-hydrogen) atoms. The lowest BCUT2D eigenvalue weighted by molar-refractivity contribution is -0.862. The first-order valence-corrected chi connectivity index (χ1v) is 10.1. The van der Waals surface area contributed by atoms with Gasteiger partial charge in [-0.3, -0.25) is 19.1 Å². The van der Waals surface area contributed by atoms with Crippen LogP contribution in [0, 0.1) is 13.8 Å². The molecule has 1 heterocycles. The maximum absolute atomic E-state index is 12.9. The number of hydrogen-bond donors (Lipinski definition) is 3. The number of aryl methyl sites for hydroxylation is 1. The minimum absolute atomic E-state index is 0.0560. The van der Waals surface area contributed by atoms with Crippen LogP contribution in [-0.2, 0) is 16.6 Å². The maximum atomic E-state index is 12.9. The number of anilines is 2. The van der Waals surface area contributed by atoms with E-state index in [-0.39, 0.29) is 36.2 Å². The van der Waals surface area contributed by atoms with E-state index in [1.165, 1.54) is 4.68 Å². The van der Waals surface area contributed by atoms with E-state index in [0.717, 1.165) is 5.56 Å². The smallest absolute Gasteiger partial charge is 0.295 e. The van der Waals surface area contributed by atoms with Crippen molar-refractivity contribution in [3.05, 3.63) is 76.2 Å². The van der Waals surface area contributed by atoms with Crippen LogP contribution in [0.25, 0.3) is 5.69 Å². The van der Waals surface area contributed by atoms with Crippen molar-refractivity contribution < 1.29 is 14.5 Å². The van der Waals surface area contributed by atoms with Gasteiger partial charge in [0.05, 0.1) is 18.4 Å². The Morgan fingerprint density at radius 2 is 1.48 bits per heavy atom. The molecule has 1 atom stereocenters. The van der Waals surface area contributed by atoms with E-state index in [1.807, 2.05) is 61.5 Å². The molecule has 3 N–H and O–H groups in total. The highest BCUT2D eigenvalue weighted by atomic mass is 16.2. The van der Waals surface area contributed by atoms with Crippen LogP contribution in [0.15, 0.2) is 59.4 Å². The second-order valence-electron chi connectivity index (χ2n) is 7.71. The lowest BCUT2D eigenvalue weighted by Gasteiger charge is -2.13. The number of nitrogens with zero attached hydrogens (tertiary/aromatic N) is 2. The van der Waals surface area contributed by atoms with Gasteiger partial charge >= 0.3 is 0 Å². The molecule has 2 aromatic carbocycles. The summed E-state index contributed by atoms with van der Waals surface area (Å²) in [6.45, 7) is 3.94. The van der Waals surface area contributed by atoms with Crippen LogP contribution in [-0.4, -0.2) is 41.3 Å². The summed E-state index contributed by atoms with van der Waals surface area (Å²) in [5.74, 6) is -0.511. The highest BCUT2D eigenvalue weighted by Crippen LogP contribution is 2.13. The predicted octanol–water partition coefficient (Wildman–Crippen LogP) is 0.885. The molecule has 0 spiro atoms. The third kappa shape index (κ3) is 5.29. The van der Waals surface area contributed by atoms with Crippen LogP contribution >= 0.6 is 0 Å². The van der Waals surface area contributed by atoms with Crippen LogP contribution < -0.4 is 21.1 Å². The van der Waals surface area contributed by atoms with Crippen LogP contribution in [0.2, 0.25) is 0 Å². The van der Waals surface area contributed by atoms with Crippen molar-refractivity contribution >= 4 is 23.2 Å². The lowest BCUT2D eigenvalue weighted by atomic mass is 10.2. The average Bonchev–Trinajstić information content (AvgIpc) is 2.93. The summed E-state index contributed by atoms with van der Waals surface area (Å²) < 4.78 is 3.22. The highest BCUT2D eigenvalue weighted by Gasteiger charge is 2.20. The van der Waals surface area contributed by atoms with Gasteiger partial charge in [0.15, 0.2) is 13.1 Å². The lowest BCUT2D eigenvalue weighted by Crippen LogP contribution is -3.11. The van der Waals surface area contributed by atoms with E-state index in [0.29, 0.717) is 22.0 Å². The average molecular weight is 423 g/mol. The van der Waals surface area contributed by atoms with Gasteiger partial charge in [0.2, 0.25) is 0 Å². The molecule has 8 heteroatoms. The number of amides is 2. The van der Waals surface area contributed by atoms with Crippen LogP contribution in [0.1, 0.15) is 11.3 Å². The minimum atomic E-state index is -0.327. The summed E-state index contributed by atoms with van der Waals surface area (Å²) in [5, 5.41) is 5.55. The SMILES string of the molecule is Cc1ccc(NC(=O)C[NH+](C)CC(=O)Nc2c(C)n(C)n(-c3ccccc3)c2=O)cc1. The largest absolute Gasteiger partial charge is 0.322 e. The van der Waals surface area contributed by atoms with E-state index >= 15 is 0 Å². The van der Waals surface area contributed by atoms with E-state index in [9.17, 15) is 14.4 Å². The summed E-state index contributed by atoms with van der Waals surface area (Å²) in [5.41, 5.74) is 3.14. The van der Waals surface area contributed by atoms with Gasteiger partial charge < -0.3 is 15.5 Å². The van der Waals surface area contributed by atoms with Crippen molar-refractivity contribution in [3.63, 3.8) is 0 Å².